The molecular weight excluding hydrogens is 211 g/mol. The van der Waals surface area contributed by atoms with Crippen LogP contribution in [0.3, 0.4) is 0 Å². The maximum Gasteiger partial charge on any atom is 0.279 e. The summed E-state index contributed by atoms with van der Waals surface area (Å²) < 4.78 is 13.8. The molecule has 0 spiro atoms. The molecule has 0 N–H and O–H groups in total. The number of rotatable bonds is 3. The zero-order valence-corrected chi connectivity index (χ0v) is 9.82. The molecule has 0 aliphatic rings. The van der Waals surface area contributed by atoms with Crippen molar-refractivity contribution in [1.82, 2.24) is 10.0 Å². The number of alkyl halides is 1. The number of hydrogen-bond acceptors (Lipinski definition) is 3. The Kier molecular flexibility index (Phi) is 3.59. The molecule has 4 nitrogen and oxygen atoms in total. The first-order valence-corrected chi connectivity index (χ1v) is 4.84. The highest BCUT2D eigenvalue weighted by molar-refractivity contribution is 5.94. The molecule has 0 aliphatic carbocycles. The number of hydrogen-bond donors (Lipinski definition) is 0. The van der Waals surface area contributed by atoms with Crippen LogP contribution in [0.4, 0.5) is 4.39 Å². The first-order chi connectivity index (χ1) is 7.38. The van der Waals surface area contributed by atoms with Gasteiger partial charge in [0.2, 0.25) is 0 Å². The van der Waals surface area contributed by atoms with Gasteiger partial charge in [0.1, 0.15) is 5.67 Å². The number of aromatic nitrogens is 1. The van der Waals surface area contributed by atoms with Gasteiger partial charge in [0.15, 0.2) is 0 Å². The SMILES string of the molecule is CON(C)C(=O)c1cccnc1C(C)(C)F. The van der Waals surface area contributed by atoms with Crippen molar-refractivity contribution < 1.29 is 14.0 Å². The van der Waals surface area contributed by atoms with E-state index < -0.39 is 11.6 Å². The molecular formula is C11H15FN2O2. The van der Waals surface area contributed by atoms with Gasteiger partial charge in [-0.3, -0.25) is 14.6 Å². The molecule has 0 saturated carbocycles. The smallest absolute Gasteiger partial charge is 0.274 e. The third kappa shape index (κ3) is 2.55. The van der Waals surface area contributed by atoms with E-state index in [9.17, 15) is 9.18 Å². The molecule has 16 heavy (non-hydrogen) atoms. The fraction of sp³-hybridized carbons (Fsp3) is 0.455. The molecule has 1 aromatic heterocycles. The summed E-state index contributed by atoms with van der Waals surface area (Å²) in [6, 6.07) is 3.12. The fourth-order valence-corrected chi connectivity index (χ4v) is 1.30. The van der Waals surface area contributed by atoms with E-state index in [1.807, 2.05) is 0 Å². The van der Waals surface area contributed by atoms with Crippen molar-refractivity contribution in [3.63, 3.8) is 0 Å². The Morgan fingerprint density at radius 1 is 1.56 bits per heavy atom. The first-order valence-electron chi connectivity index (χ1n) is 4.84. The van der Waals surface area contributed by atoms with Crippen molar-refractivity contribution in [2.24, 2.45) is 0 Å². The maximum absolute atomic E-state index is 13.8. The molecule has 0 bridgehead atoms. The number of nitrogens with zero attached hydrogens (tertiary/aromatic N) is 2. The zero-order valence-electron chi connectivity index (χ0n) is 9.82. The van der Waals surface area contributed by atoms with Crippen molar-refractivity contribution in [1.29, 1.82) is 0 Å². The number of amides is 1. The van der Waals surface area contributed by atoms with Gasteiger partial charge in [-0.1, -0.05) is 0 Å². The summed E-state index contributed by atoms with van der Waals surface area (Å²) in [5, 5.41) is 1.03. The third-order valence-corrected chi connectivity index (χ3v) is 2.16. The molecule has 0 unspecified atom stereocenters. The Bertz CT molecular complexity index is 388. The zero-order chi connectivity index (χ0) is 12.3. The second kappa shape index (κ2) is 4.57. The van der Waals surface area contributed by atoms with Gasteiger partial charge in [-0.05, 0) is 26.0 Å². The van der Waals surface area contributed by atoms with Crippen LogP contribution in [0, 0.1) is 0 Å². The van der Waals surface area contributed by atoms with Gasteiger partial charge in [0, 0.05) is 13.2 Å². The van der Waals surface area contributed by atoms with Gasteiger partial charge in [-0.2, -0.15) is 0 Å². The molecule has 0 atom stereocenters. The van der Waals surface area contributed by atoms with Crippen LogP contribution in [-0.4, -0.2) is 30.1 Å². The minimum absolute atomic E-state index is 0.115. The van der Waals surface area contributed by atoms with Crippen molar-refractivity contribution in [2.45, 2.75) is 19.5 Å². The van der Waals surface area contributed by atoms with Crippen LogP contribution in [0.2, 0.25) is 0 Å². The predicted octanol–water partition coefficient (Wildman–Crippen LogP) is 1.92. The van der Waals surface area contributed by atoms with E-state index in [2.05, 4.69) is 4.98 Å². The molecule has 0 aliphatic heterocycles. The Morgan fingerprint density at radius 2 is 2.19 bits per heavy atom. The summed E-state index contributed by atoms with van der Waals surface area (Å²) in [5.41, 5.74) is -1.34. The first kappa shape index (κ1) is 12.6. The number of hydroxylamine groups is 2. The van der Waals surface area contributed by atoms with Gasteiger partial charge < -0.3 is 0 Å². The fourth-order valence-electron chi connectivity index (χ4n) is 1.30. The Labute approximate surface area is 94.0 Å². The van der Waals surface area contributed by atoms with E-state index in [1.165, 1.54) is 40.3 Å². The Balaban J connectivity index is 3.19. The van der Waals surface area contributed by atoms with Crippen LogP contribution in [0.5, 0.6) is 0 Å². The van der Waals surface area contributed by atoms with Crippen LogP contribution in [-0.2, 0) is 10.5 Å². The molecule has 5 heteroatoms. The normalized spacial score (nSPS) is 11.3. The van der Waals surface area contributed by atoms with E-state index in [0.717, 1.165) is 5.06 Å². The molecule has 1 rings (SSSR count). The molecule has 0 aromatic carbocycles. The highest BCUT2D eigenvalue weighted by atomic mass is 19.1. The molecule has 1 heterocycles. The molecule has 0 fully saturated rings. The van der Waals surface area contributed by atoms with E-state index in [-0.39, 0.29) is 11.3 Å². The van der Waals surface area contributed by atoms with E-state index in [0.29, 0.717) is 0 Å². The third-order valence-electron chi connectivity index (χ3n) is 2.16. The van der Waals surface area contributed by atoms with Crippen LogP contribution in [0.25, 0.3) is 0 Å². The second-order valence-corrected chi connectivity index (χ2v) is 3.86. The Morgan fingerprint density at radius 3 is 2.69 bits per heavy atom. The highest BCUT2D eigenvalue weighted by Crippen LogP contribution is 2.26. The summed E-state index contributed by atoms with van der Waals surface area (Å²) >= 11 is 0. The largest absolute Gasteiger partial charge is 0.279 e. The van der Waals surface area contributed by atoms with Crippen LogP contribution in [0.15, 0.2) is 18.3 Å². The van der Waals surface area contributed by atoms with Gasteiger partial charge >= 0.3 is 0 Å². The minimum Gasteiger partial charge on any atom is -0.274 e. The van der Waals surface area contributed by atoms with Crippen molar-refractivity contribution in [3.05, 3.63) is 29.6 Å². The standard InChI is InChI=1S/C11H15FN2O2/c1-11(2,12)9-8(6-5-7-13-9)10(15)14(3)16-4/h5-7H,1-4H3. The summed E-state index contributed by atoms with van der Waals surface area (Å²) in [5.74, 6) is -0.420. The van der Waals surface area contributed by atoms with Gasteiger partial charge in [0.25, 0.3) is 5.91 Å². The van der Waals surface area contributed by atoms with E-state index >= 15 is 0 Å². The quantitative estimate of drug-likeness (QED) is 0.739. The molecule has 0 radical (unpaired) electrons. The monoisotopic (exact) mass is 226 g/mol. The lowest BCUT2D eigenvalue weighted by molar-refractivity contribution is -0.0759. The number of carbonyl (C=O) groups is 1. The molecule has 1 amide bonds. The van der Waals surface area contributed by atoms with Crippen LogP contribution in [0.1, 0.15) is 29.9 Å². The second-order valence-electron chi connectivity index (χ2n) is 3.86. The number of halogens is 1. The lowest BCUT2D eigenvalue weighted by Crippen LogP contribution is -2.29. The van der Waals surface area contributed by atoms with Gasteiger partial charge in [0.05, 0.1) is 18.4 Å². The number of pyridine rings is 1. The maximum atomic E-state index is 13.8. The lowest BCUT2D eigenvalue weighted by Gasteiger charge is -2.20. The molecule has 1 aromatic rings. The average molecular weight is 226 g/mol. The number of carbonyl (C=O) groups excluding carboxylic acids is 1. The van der Waals surface area contributed by atoms with Gasteiger partial charge in [-0.25, -0.2) is 9.45 Å². The summed E-state index contributed by atoms with van der Waals surface area (Å²) in [4.78, 5) is 20.5. The average Bonchev–Trinajstić information content (AvgIpc) is 2.26. The molecule has 0 saturated heterocycles. The Hall–Kier alpha value is -1.49. The van der Waals surface area contributed by atoms with E-state index in [1.54, 1.807) is 6.07 Å². The summed E-state index contributed by atoms with van der Waals surface area (Å²) in [6.07, 6.45) is 1.46. The van der Waals surface area contributed by atoms with Crippen molar-refractivity contribution in [2.75, 3.05) is 14.2 Å². The van der Waals surface area contributed by atoms with Crippen LogP contribution >= 0.6 is 0 Å². The van der Waals surface area contributed by atoms with Crippen LogP contribution < -0.4 is 0 Å². The lowest BCUT2D eigenvalue weighted by atomic mass is 10.0. The topological polar surface area (TPSA) is 42.4 Å². The molecule has 88 valence electrons. The van der Waals surface area contributed by atoms with E-state index in [4.69, 9.17) is 4.84 Å². The summed E-state index contributed by atoms with van der Waals surface area (Å²) in [7, 11) is 2.83. The minimum atomic E-state index is -1.67. The highest BCUT2D eigenvalue weighted by Gasteiger charge is 2.28. The predicted molar refractivity (Wildman–Crippen MR) is 57.5 cm³/mol. The van der Waals surface area contributed by atoms with Crippen molar-refractivity contribution in [3.8, 4) is 0 Å². The summed E-state index contributed by atoms with van der Waals surface area (Å²) in [6.45, 7) is 2.72. The van der Waals surface area contributed by atoms with Gasteiger partial charge in [-0.15, -0.1) is 0 Å². The van der Waals surface area contributed by atoms with Crippen molar-refractivity contribution >= 4 is 5.91 Å².